The van der Waals surface area contributed by atoms with E-state index < -0.39 is 21.4 Å². The second kappa shape index (κ2) is 4.07. The zero-order chi connectivity index (χ0) is 13.5. The zero-order valence-electron chi connectivity index (χ0n) is 9.35. The fourth-order valence-corrected chi connectivity index (χ4v) is 2.34. The molecule has 0 amide bonds. The topological polar surface area (TPSA) is 120 Å². The Hall–Kier alpha value is -1.93. The smallest absolute Gasteiger partial charge is 0.307 e. The summed E-state index contributed by atoms with van der Waals surface area (Å²) in [5, 5.41) is 0.213. The van der Waals surface area contributed by atoms with E-state index in [1.807, 2.05) is 0 Å². The van der Waals surface area contributed by atoms with E-state index in [0.717, 1.165) is 6.07 Å². The van der Waals surface area contributed by atoms with Crippen LogP contribution in [0.1, 0.15) is 12.5 Å². The monoisotopic (exact) mass is 270 g/mol. The SMILES string of the molecule is CCc1cc(S(=O)(=O)O)cc2[nH]c(=O)[nH]c(=O)c12. The van der Waals surface area contributed by atoms with Gasteiger partial charge in [0.15, 0.2) is 0 Å². The number of aryl methyl sites for hydroxylation is 1. The van der Waals surface area contributed by atoms with Gasteiger partial charge in [-0.1, -0.05) is 6.92 Å². The average Bonchev–Trinajstić information content (AvgIpc) is 2.25. The summed E-state index contributed by atoms with van der Waals surface area (Å²) in [6.45, 7) is 1.73. The third kappa shape index (κ3) is 2.07. The highest BCUT2D eigenvalue weighted by molar-refractivity contribution is 7.85. The number of nitrogens with one attached hydrogen (secondary N) is 2. The molecule has 0 aliphatic carbocycles. The molecular formula is C10H10N2O5S. The number of rotatable bonds is 2. The maximum atomic E-state index is 11.7. The molecule has 18 heavy (non-hydrogen) atoms. The third-order valence-electron chi connectivity index (χ3n) is 2.57. The van der Waals surface area contributed by atoms with Gasteiger partial charge in [-0.05, 0) is 24.1 Å². The average molecular weight is 270 g/mol. The van der Waals surface area contributed by atoms with Crippen LogP contribution in [-0.4, -0.2) is 22.9 Å². The van der Waals surface area contributed by atoms with Crippen LogP contribution < -0.4 is 11.2 Å². The van der Waals surface area contributed by atoms with Crippen LogP contribution in [0, 0.1) is 0 Å². The van der Waals surface area contributed by atoms with Crippen LogP contribution in [0.15, 0.2) is 26.6 Å². The molecule has 1 aromatic heterocycles. The molecule has 96 valence electrons. The van der Waals surface area contributed by atoms with Crippen molar-refractivity contribution in [1.82, 2.24) is 9.97 Å². The Bertz CT molecular complexity index is 831. The molecule has 7 nitrogen and oxygen atoms in total. The lowest BCUT2D eigenvalue weighted by Crippen LogP contribution is -2.23. The number of hydrogen-bond donors (Lipinski definition) is 3. The van der Waals surface area contributed by atoms with E-state index in [2.05, 4.69) is 9.97 Å². The lowest BCUT2D eigenvalue weighted by molar-refractivity contribution is 0.483. The Morgan fingerprint density at radius 3 is 2.44 bits per heavy atom. The van der Waals surface area contributed by atoms with Gasteiger partial charge in [0.25, 0.3) is 15.7 Å². The number of hydrogen-bond acceptors (Lipinski definition) is 4. The molecule has 0 aliphatic rings. The molecule has 0 bridgehead atoms. The Balaban J connectivity index is 3.02. The van der Waals surface area contributed by atoms with Gasteiger partial charge < -0.3 is 4.98 Å². The first kappa shape index (κ1) is 12.5. The molecule has 2 aromatic rings. The first-order valence-corrected chi connectivity index (χ1v) is 6.53. The molecule has 0 atom stereocenters. The highest BCUT2D eigenvalue weighted by Crippen LogP contribution is 2.19. The summed E-state index contributed by atoms with van der Waals surface area (Å²) in [5.41, 5.74) is -0.817. The van der Waals surface area contributed by atoms with Crippen molar-refractivity contribution >= 4 is 21.0 Å². The van der Waals surface area contributed by atoms with Crippen molar-refractivity contribution in [3.63, 3.8) is 0 Å². The number of benzene rings is 1. The minimum Gasteiger partial charge on any atom is -0.307 e. The zero-order valence-corrected chi connectivity index (χ0v) is 10.2. The second-order valence-electron chi connectivity index (χ2n) is 3.74. The third-order valence-corrected chi connectivity index (χ3v) is 3.41. The molecule has 1 heterocycles. The van der Waals surface area contributed by atoms with Gasteiger partial charge in [0, 0.05) is 0 Å². The van der Waals surface area contributed by atoms with Crippen LogP contribution in [0.3, 0.4) is 0 Å². The summed E-state index contributed by atoms with van der Waals surface area (Å²) in [4.78, 5) is 26.8. The van der Waals surface area contributed by atoms with Gasteiger partial charge in [-0.15, -0.1) is 0 Å². The van der Waals surface area contributed by atoms with E-state index in [-0.39, 0.29) is 15.8 Å². The number of fused-ring (bicyclic) bond motifs is 1. The highest BCUT2D eigenvalue weighted by atomic mass is 32.2. The van der Waals surface area contributed by atoms with Gasteiger partial charge >= 0.3 is 5.69 Å². The van der Waals surface area contributed by atoms with Crippen molar-refractivity contribution in [3.05, 3.63) is 38.5 Å². The quantitative estimate of drug-likeness (QED) is 0.665. The molecule has 0 radical (unpaired) electrons. The molecule has 0 spiro atoms. The van der Waals surface area contributed by atoms with E-state index in [1.165, 1.54) is 6.07 Å². The predicted octanol–water partition coefficient (Wildman–Crippen LogP) is 0.0255. The Morgan fingerprint density at radius 2 is 1.89 bits per heavy atom. The summed E-state index contributed by atoms with van der Waals surface area (Å²) < 4.78 is 31.2. The fourth-order valence-electron chi connectivity index (χ4n) is 1.79. The van der Waals surface area contributed by atoms with Crippen molar-refractivity contribution in [2.75, 3.05) is 0 Å². The summed E-state index contributed by atoms with van der Waals surface area (Å²) in [7, 11) is -4.39. The van der Waals surface area contributed by atoms with Crippen molar-refractivity contribution in [3.8, 4) is 0 Å². The van der Waals surface area contributed by atoms with Crippen molar-refractivity contribution in [1.29, 1.82) is 0 Å². The van der Waals surface area contributed by atoms with Crippen LogP contribution in [-0.2, 0) is 16.5 Å². The Morgan fingerprint density at radius 1 is 1.22 bits per heavy atom. The number of H-pyrrole nitrogens is 2. The minimum absolute atomic E-state index is 0.0794. The van der Waals surface area contributed by atoms with Gasteiger partial charge in [-0.3, -0.25) is 14.3 Å². The first-order valence-electron chi connectivity index (χ1n) is 5.09. The van der Waals surface area contributed by atoms with Gasteiger partial charge in [0.05, 0.1) is 15.8 Å². The van der Waals surface area contributed by atoms with Crippen molar-refractivity contribution in [2.24, 2.45) is 0 Å². The Labute approximate surface area is 101 Å². The maximum Gasteiger partial charge on any atom is 0.326 e. The number of aromatic nitrogens is 2. The van der Waals surface area contributed by atoms with Gasteiger partial charge in [-0.25, -0.2) is 4.79 Å². The molecule has 2 rings (SSSR count). The van der Waals surface area contributed by atoms with E-state index in [9.17, 15) is 18.0 Å². The summed E-state index contributed by atoms with van der Waals surface area (Å²) in [5.74, 6) is 0. The number of aromatic amines is 2. The lowest BCUT2D eigenvalue weighted by Gasteiger charge is -2.05. The van der Waals surface area contributed by atoms with Crippen LogP contribution in [0.5, 0.6) is 0 Å². The highest BCUT2D eigenvalue weighted by Gasteiger charge is 2.15. The molecular weight excluding hydrogens is 260 g/mol. The molecule has 0 aliphatic heterocycles. The van der Waals surface area contributed by atoms with Crippen molar-refractivity contribution < 1.29 is 13.0 Å². The van der Waals surface area contributed by atoms with Crippen LogP contribution in [0.4, 0.5) is 0 Å². The summed E-state index contributed by atoms with van der Waals surface area (Å²) in [6.07, 6.45) is 0.384. The largest absolute Gasteiger partial charge is 0.326 e. The molecule has 3 N–H and O–H groups in total. The normalized spacial score (nSPS) is 11.9. The van der Waals surface area contributed by atoms with Crippen molar-refractivity contribution in [2.45, 2.75) is 18.2 Å². The van der Waals surface area contributed by atoms with E-state index in [4.69, 9.17) is 4.55 Å². The molecule has 0 unspecified atom stereocenters. The van der Waals surface area contributed by atoms with Crippen LogP contribution >= 0.6 is 0 Å². The Kier molecular flexibility index (Phi) is 2.83. The predicted molar refractivity (Wildman–Crippen MR) is 64.4 cm³/mol. The van der Waals surface area contributed by atoms with E-state index in [1.54, 1.807) is 6.92 Å². The molecule has 8 heteroatoms. The van der Waals surface area contributed by atoms with Crippen LogP contribution in [0.2, 0.25) is 0 Å². The van der Waals surface area contributed by atoms with Crippen LogP contribution in [0.25, 0.3) is 10.9 Å². The van der Waals surface area contributed by atoms with Gasteiger partial charge in [-0.2, -0.15) is 8.42 Å². The van der Waals surface area contributed by atoms with E-state index in [0.29, 0.717) is 12.0 Å². The minimum atomic E-state index is -4.39. The first-order chi connectivity index (χ1) is 8.32. The lowest BCUT2D eigenvalue weighted by atomic mass is 10.1. The van der Waals surface area contributed by atoms with Gasteiger partial charge in [0.1, 0.15) is 0 Å². The summed E-state index contributed by atoms with van der Waals surface area (Å²) >= 11 is 0. The summed E-state index contributed by atoms with van der Waals surface area (Å²) in [6, 6.07) is 2.27. The fraction of sp³-hybridized carbons (Fsp3) is 0.200. The molecule has 0 fully saturated rings. The van der Waals surface area contributed by atoms with Gasteiger partial charge in [0.2, 0.25) is 0 Å². The molecule has 0 saturated heterocycles. The standard InChI is InChI=1S/C10H10N2O5S/c1-2-5-3-6(18(15,16)17)4-7-8(5)9(13)12-10(14)11-7/h3-4H,2H2,1H3,(H,15,16,17)(H2,11,12,13,14). The molecule has 1 aromatic carbocycles. The van der Waals surface area contributed by atoms with E-state index >= 15 is 0 Å². The molecule has 0 saturated carbocycles. The second-order valence-corrected chi connectivity index (χ2v) is 5.16. The maximum absolute atomic E-state index is 11.7.